The monoisotopic (exact) mass is 438 g/mol. The number of imidazole rings is 1. The van der Waals surface area contributed by atoms with Crippen LogP contribution in [0.3, 0.4) is 0 Å². The number of nitrogens with zero attached hydrogens (tertiary/aromatic N) is 4. The molecule has 0 bridgehead atoms. The van der Waals surface area contributed by atoms with Gasteiger partial charge < -0.3 is 4.57 Å². The van der Waals surface area contributed by atoms with E-state index in [0.717, 1.165) is 5.56 Å². The number of hydrogen-bond donors (Lipinski definition) is 2. The molecule has 11 heteroatoms. The molecule has 0 aliphatic heterocycles. The average molecular weight is 438 g/mol. The lowest BCUT2D eigenvalue weighted by atomic mass is 10.1. The first kappa shape index (κ1) is 20.4. The topological polar surface area (TPSA) is 128 Å². The van der Waals surface area contributed by atoms with E-state index in [0.29, 0.717) is 10.8 Å². The summed E-state index contributed by atoms with van der Waals surface area (Å²) in [6.45, 7) is 0.157. The molecular formula is C20H18N6O4S. The Balaban J connectivity index is 1.68. The van der Waals surface area contributed by atoms with Crippen molar-refractivity contribution in [2.24, 2.45) is 7.05 Å². The number of rotatable bonds is 6. The van der Waals surface area contributed by atoms with Crippen LogP contribution in [0.2, 0.25) is 0 Å². The fourth-order valence-corrected chi connectivity index (χ4v) is 3.84. The molecule has 1 amide bonds. The van der Waals surface area contributed by atoms with Gasteiger partial charge in [0.05, 0.1) is 18.3 Å². The Morgan fingerprint density at radius 2 is 1.71 bits per heavy atom. The zero-order valence-electron chi connectivity index (χ0n) is 16.4. The van der Waals surface area contributed by atoms with E-state index in [1.54, 1.807) is 31.3 Å². The van der Waals surface area contributed by atoms with Crippen molar-refractivity contribution >= 4 is 26.7 Å². The van der Waals surface area contributed by atoms with Gasteiger partial charge in [-0.1, -0.05) is 48.5 Å². The Kier molecular flexibility index (Phi) is 5.36. The second-order valence-corrected chi connectivity index (χ2v) is 8.41. The van der Waals surface area contributed by atoms with E-state index in [-0.39, 0.29) is 22.8 Å². The molecule has 0 radical (unpaired) electrons. The average Bonchev–Trinajstić information content (AvgIpc) is 3.22. The van der Waals surface area contributed by atoms with Gasteiger partial charge >= 0.3 is 0 Å². The van der Waals surface area contributed by atoms with E-state index in [9.17, 15) is 18.0 Å². The first-order valence-corrected chi connectivity index (χ1v) is 10.7. The number of fused-ring (bicyclic) bond motifs is 1. The molecule has 0 aliphatic rings. The van der Waals surface area contributed by atoms with Gasteiger partial charge in [0.25, 0.3) is 21.5 Å². The summed E-state index contributed by atoms with van der Waals surface area (Å²) in [6, 6.07) is 15.7. The molecular weight excluding hydrogens is 420 g/mol. The van der Waals surface area contributed by atoms with Gasteiger partial charge in [0.2, 0.25) is 0 Å². The molecule has 0 aliphatic carbocycles. The van der Waals surface area contributed by atoms with Crippen LogP contribution in [0.4, 0.5) is 0 Å². The number of carbonyl (C=O) groups is 1. The van der Waals surface area contributed by atoms with Crippen molar-refractivity contribution in [3.63, 3.8) is 0 Å². The highest BCUT2D eigenvalue weighted by atomic mass is 32.2. The molecule has 4 rings (SSSR count). The smallest absolute Gasteiger partial charge is 0.287 e. The lowest BCUT2D eigenvalue weighted by Crippen LogP contribution is -2.42. The summed E-state index contributed by atoms with van der Waals surface area (Å²) in [7, 11) is -2.45. The molecule has 31 heavy (non-hydrogen) atoms. The maximum atomic E-state index is 12.9. The van der Waals surface area contributed by atoms with Gasteiger partial charge in [-0.2, -0.15) is 5.10 Å². The Labute approximate surface area is 177 Å². The highest BCUT2D eigenvalue weighted by Gasteiger charge is 2.21. The predicted octanol–water partition coefficient (Wildman–Crippen LogP) is 0.802. The van der Waals surface area contributed by atoms with Crippen LogP contribution in [-0.4, -0.2) is 33.7 Å². The summed E-state index contributed by atoms with van der Waals surface area (Å²) < 4.78 is 27.3. The van der Waals surface area contributed by atoms with Gasteiger partial charge in [-0.3, -0.25) is 15.0 Å². The van der Waals surface area contributed by atoms with Gasteiger partial charge in [0.1, 0.15) is 0 Å². The van der Waals surface area contributed by atoms with Crippen LogP contribution in [0, 0.1) is 0 Å². The van der Waals surface area contributed by atoms with E-state index < -0.39 is 15.9 Å². The van der Waals surface area contributed by atoms with E-state index >= 15 is 0 Å². The van der Waals surface area contributed by atoms with Crippen molar-refractivity contribution in [1.82, 2.24) is 29.6 Å². The maximum absolute atomic E-state index is 12.9. The second kappa shape index (κ2) is 8.13. The third-order valence-corrected chi connectivity index (χ3v) is 5.65. The third-order valence-electron chi connectivity index (χ3n) is 4.51. The molecule has 0 saturated carbocycles. The Morgan fingerprint density at radius 1 is 1.03 bits per heavy atom. The van der Waals surface area contributed by atoms with E-state index in [2.05, 4.69) is 15.5 Å². The van der Waals surface area contributed by atoms with Crippen molar-refractivity contribution < 1.29 is 13.2 Å². The minimum atomic E-state index is -4.07. The molecule has 2 aromatic heterocycles. The lowest BCUT2D eigenvalue weighted by Gasteiger charge is -2.12. The summed E-state index contributed by atoms with van der Waals surface area (Å²) in [6.07, 6.45) is 2.62. The van der Waals surface area contributed by atoms with Crippen LogP contribution in [0.5, 0.6) is 0 Å². The molecule has 4 aromatic rings. The van der Waals surface area contributed by atoms with Gasteiger partial charge in [-0.25, -0.2) is 18.1 Å². The zero-order valence-corrected chi connectivity index (χ0v) is 17.2. The van der Waals surface area contributed by atoms with Crippen LogP contribution in [0.15, 0.2) is 76.9 Å². The van der Waals surface area contributed by atoms with Crippen molar-refractivity contribution in [3.8, 4) is 0 Å². The summed E-state index contributed by atoms with van der Waals surface area (Å²) in [5.41, 5.74) is 2.53. The van der Waals surface area contributed by atoms with Crippen molar-refractivity contribution in [2.75, 3.05) is 0 Å². The first-order valence-electron chi connectivity index (χ1n) is 9.19. The van der Waals surface area contributed by atoms with Crippen LogP contribution >= 0.6 is 0 Å². The molecule has 0 spiro atoms. The van der Waals surface area contributed by atoms with Gasteiger partial charge in [0.15, 0.2) is 10.7 Å². The minimum Gasteiger partial charge on any atom is -0.339 e. The Hall–Kier alpha value is -3.83. The van der Waals surface area contributed by atoms with E-state index in [1.807, 2.05) is 35.2 Å². The van der Waals surface area contributed by atoms with Gasteiger partial charge in [0, 0.05) is 18.6 Å². The number of sulfonamides is 1. The zero-order chi connectivity index (χ0) is 22.0. The fourth-order valence-electron chi connectivity index (χ4n) is 3.02. The van der Waals surface area contributed by atoms with Crippen LogP contribution in [0.1, 0.15) is 16.1 Å². The highest BCUT2D eigenvalue weighted by Crippen LogP contribution is 2.14. The third kappa shape index (κ3) is 4.22. The van der Waals surface area contributed by atoms with Crippen LogP contribution in [0.25, 0.3) is 10.8 Å². The normalized spacial score (nSPS) is 11.5. The van der Waals surface area contributed by atoms with E-state index in [4.69, 9.17) is 0 Å². The lowest BCUT2D eigenvalue weighted by molar-refractivity contribution is 0.0939. The standard InChI is InChI=1S/C20H18N6O4S/c1-25-12-17(21-13-25)31(29,30)24-22-19(27)18-15-9-5-6-10-16(15)20(28)26(23-18)11-14-7-3-2-4-8-14/h2-10,12-13,24H,11H2,1H3,(H,22,27). The maximum Gasteiger partial charge on any atom is 0.287 e. The highest BCUT2D eigenvalue weighted by molar-refractivity contribution is 7.89. The van der Waals surface area contributed by atoms with Crippen LogP contribution < -0.4 is 15.8 Å². The number of hydrazine groups is 1. The SMILES string of the molecule is Cn1cnc(S(=O)(=O)NNC(=O)c2nn(Cc3ccccc3)c(=O)c3ccccc23)c1. The second-order valence-electron chi connectivity index (χ2n) is 6.78. The summed E-state index contributed by atoms with van der Waals surface area (Å²) in [4.78, 5) is 31.4. The summed E-state index contributed by atoms with van der Waals surface area (Å²) >= 11 is 0. The number of nitrogens with one attached hydrogen (secondary N) is 2. The molecule has 0 fully saturated rings. The van der Waals surface area contributed by atoms with Crippen molar-refractivity contribution in [3.05, 3.63) is 88.7 Å². The number of carbonyl (C=O) groups excluding carboxylic acids is 1. The summed E-state index contributed by atoms with van der Waals surface area (Å²) in [5, 5.41) is 4.57. The number of hydrogen-bond acceptors (Lipinski definition) is 6. The number of amides is 1. The molecule has 0 unspecified atom stereocenters. The van der Waals surface area contributed by atoms with Crippen molar-refractivity contribution in [1.29, 1.82) is 0 Å². The van der Waals surface area contributed by atoms with E-state index in [1.165, 1.54) is 21.8 Å². The predicted molar refractivity (Wildman–Crippen MR) is 113 cm³/mol. The Morgan fingerprint density at radius 3 is 2.39 bits per heavy atom. The molecule has 2 aromatic carbocycles. The number of benzene rings is 2. The fraction of sp³-hybridized carbons (Fsp3) is 0.100. The molecule has 0 atom stereocenters. The number of aryl methyl sites for hydroxylation is 1. The first-order chi connectivity index (χ1) is 14.8. The molecule has 2 N–H and O–H groups in total. The molecule has 10 nitrogen and oxygen atoms in total. The molecule has 158 valence electrons. The summed E-state index contributed by atoms with van der Waals surface area (Å²) in [5.74, 6) is -0.808. The Bertz CT molecular complexity index is 1430. The van der Waals surface area contributed by atoms with Gasteiger partial charge in [-0.05, 0) is 11.6 Å². The number of aromatic nitrogens is 4. The van der Waals surface area contributed by atoms with Gasteiger partial charge in [-0.15, -0.1) is 4.83 Å². The van der Waals surface area contributed by atoms with Crippen molar-refractivity contribution in [2.45, 2.75) is 11.6 Å². The largest absolute Gasteiger partial charge is 0.339 e. The van der Waals surface area contributed by atoms with Crippen LogP contribution in [-0.2, 0) is 23.6 Å². The minimum absolute atomic E-state index is 0.0881. The quantitative estimate of drug-likeness (QED) is 0.429. The molecule has 0 saturated heterocycles. The molecule has 2 heterocycles.